The van der Waals surface area contributed by atoms with Gasteiger partial charge >= 0.3 is 5.97 Å². The number of unbranched alkanes of at least 4 members (excludes halogenated alkanes) is 1. The van der Waals surface area contributed by atoms with Crippen molar-refractivity contribution in [2.45, 2.75) is 75.9 Å². The Kier molecular flexibility index (Phi) is 7.70. The van der Waals surface area contributed by atoms with E-state index in [1.54, 1.807) is 13.3 Å². The van der Waals surface area contributed by atoms with Crippen LogP contribution in [-0.2, 0) is 17.6 Å². The van der Waals surface area contributed by atoms with Crippen molar-refractivity contribution in [1.29, 1.82) is 0 Å². The molecule has 2 aliphatic heterocycles. The first kappa shape index (κ1) is 24.9. The van der Waals surface area contributed by atoms with E-state index in [2.05, 4.69) is 10.3 Å². The van der Waals surface area contributed by atoms with Crippen LogP contribution in [0.15, 0.2) is 24.4 Å². The van der Waals surface area contributed by atoms with Gasteiger partial charge in [0.2, 0.25) is 0 Å². The smallest absolute Gasteiger partial charge is 0.325 e. The molecule has 0 amide bonds. The number of carboxylic acids is 1. The molecule has 1 saturated heterocycles. The zero-order chi connectivity index (χ0) is 25.1. The predicted molar refractivity (Wildman–Crippen MR) is 136 cm³/mol. The molecule has 0 bridgehead atoms. The fourth-order valence-corrected chi connectivity index (χ4v) is 5.84. The van der Waals surface area contributed by atoms with Crippen molar-refractivity contribution < 1.29 is 19.0 Å². The van der Waals surface area contributed by atoms with Crippen LogP contribution >= 0.6 is 0 Å². The van der Waals surface area contributed by atoms with E-state index in [0.29, 0.717) is 31.8 Å². The number of hydrogen-bond donors (Lipinski definition) is 2. The van der Waals surface area contributed by atoms with Gasteiger partial charge in [-0.25, -0.2) is 9.37 Å². The molecular weight excluding hydrogens is 459 g/mol. The number of fused-ring (bicyclic) bond motifs is 1. The Bertz CT molecular complexity index is 1060. The number of carboxylic acid groups (broad SMARTS) is 1. The number of pyridine rings is 2. The molecule has 5 rings (SSSR count). The minimum Gasteiger partial charge on any atom is -0.496 e. The fourth-order valence-electron chi connectivity index (χ4n) is 5.84. The van der Waals surface area contributed by atoms with Crippen LogP contribution in [0, 0.1) is 5.92 Å². The number of halogens is 1. The quantitative estimate of drug-likeness (QED) is 0.427. The molecule has 2 aromatic heterocycles. The zero-order valence-corrected chi connectivity index (χ0v) is 21.1. The first-order chi connectivity index (χ1) is 17.5. The van der Waals surface area contributed by atoms with Crippen molar-refractivity contribution in [1.82, 2.24) is 14.9 Å². The van der Waals surface area contributed by atoms with E-state index in [-0.39, 0.29) is 5.92 Å². The number of alkyl halides is 1. The van der Waals surface area contributed by atoms with Gasteiger partial charge in [0.05, 0.1) is 7.11 Å². The Morgan fingerprint density at radius 1 is 1.33 bits per heavy atom. The first-order valence-electron chi connectivity index (χ1n) is 13.4. The molecule has 8 heteroatoms. The summed E-state index contributed by atoms with van der Waals surface area (Å²) in [7, 11) is 1.70. The van der Waals surface area contributed by atoms with E-state index >= 15 is 4.39 Å². The third-order valence-electron chi connectivity index (χ3n) is 7.91. The number of carbonyl (C=O) groups is 1. The van der Waals surface area contributed by atoms with E-state index in [1.807, 2.05) is 23.1 Å². The lowest BCUT2D eigenvalue weighted by Gasteiger charge is -2.26. The molecule has 3 atom stereocenters. The largest absolute Gasteiger partial charge is 0.496 e. The molecular formula is C28H37FN4O3. The maximum Gasteiger partial charge on any atom is 0.325 e. The monoisotopic (exact) mass is 496 g/mol. The van der Waals surface area contributed by atoms with Gasteiger partial charge < -0.3 is 15.2 Å². The summed E-state index contributed by atoms with van der Waals surface area (Å²) in [5.41, 5.74) is 3.82. The topological polar surface area (TPSA) is 87.6 Å². The Morgan fingerprint density at radius 3 is 2.97 bits per heavy atom. The van der Waals surface area contributed by atoms with Gasteiger partial charge in [-0.1, -0.05) is 12.5 Å². The number of anilines is 1. The second kappa shape index (κ2) is 11.1. The molecule has 1 saturated carbocycles. The van der Waals surface area contributed by atoms with E-state index < -0.39 is 18.2 Å². The predicted octanol–water partition coefficient (Wildman–Crippen LogP) is 4.92. The third-order valence-corrected chi connectivity index (χ3v) is 7.91. The number of aromatic nitrogens is 2. The fraction of sp³-hybridized carbons (Fsp3) is 0.607. The minimum absolute atomic E-state index is 0.126. The van der Waals surface area contributed by atoms with Gasteiger partial charge in [0.25, 0.3) is 0 Å². The standard InChI is InChI=1S/C28H37FN4O3/c1-36-24-16-20(32-27-21(24)7-4-14-31-27)6-2-3-9-23(29)19-12-15-33(17-19)26(28(34)35)22-8-5-13-30-25(22)18-10-11-18/h5,8,13,16,18-19,23,26H,2-4,6-7,9-12,14-15,17H2,1H3,(H,31,32)(H,34,35)/t19-,23-,26?/m1/s1. The summed E-state index contributed by atoms with van der Waals surface area (Å²) < 4.78 is 20.8. The SMILES string of the molecule is COc1cc(CCCC[C@@H](F)[C@@H]2CCN(C(C(=O)O)c3cccnc3C3CC3)C2)nc2c1CCCN2. The molecule has 4 heterocycles. The maximum absolute atomic E-state index is 15.2. The second-order valence-electron chi connectivity index (χ2n) is 10.5. The summed E-state index contributed by atoms with van der Waals surface area (Å²) in [5.74, 6) is 1.19. The number of rotatable bonds is 11. The van der Waals surface area contributed by atoms with Crippen molar-refractivity contribution in [3.63, 3.8) is 0 Å². The molecule has 36 heavy (non-hydrogen) atoms. The van der Waals surface area contributed by atoms with Crippen molar-refractivity contribution in [2.75, 3.05) is 32.1 Å². The molecule has 2 fully saturated rings. The van der Waals surface area contributed by atoms with Gasteiger partial charge in [0, 0.05) is 59.7 Å². The molecule has 194 valence electrons. The number of methoxy groups -OCH3 is 1. The Balaban J connectivity index is 1.13. The molecule has 1 aliphatic carbocycles. The van der Waals surface area contributed by atoms with E-state index in [0.717, 1.165) is 85.6 Å². The number of aryl methyl sites for hydroxylation is 1. The van der Waals surface area contributed by atoms with Crippen molar-refractivity contribution in [3.05, 3.63) is 46.9 Å². The molecule has 3 aliphatic rings. The van der Waals surface area contributed by atoms with E-state index in [1.165, 1.54) is 0 Å². The molecule has 0 aromatic carbocycles. The average molecular weight is 497 g/mol. The number of likely N-dealkylation sites (tertiary alicyclic amines) is 1. The van der Waals surface area contributed by atoms with Gasteiger partial charge in [-0.3, -0.25) is 14.7 Å². The molecule has 0 radical (unpaired) electrons. The number of nitrogens with one attached hydrogen (secondary N) is 1. The van der Waals surface area contributed by atoms with Crippen LogP contribution in [0.4, 0.5) is 10.2 Å². The maximum atomic E-state index is 15.2. The molecule has 1 unspecified atom stereocenters. The summed E-state index contributed by atoms with van der Waals surface area (Å²) in [6, 6.07) is 4.98. The van der Waals surface area contributed by atoms with Crippen LogP contribution in [0.2, 0.25) is 0 Å². The lowest BCUT2D eigenvalue weighted by molar-refractivity contribution is -0.143. The highest BCUT2D eigenvalue weighted by Gasteiger charge is 2.39. The summed E-state index contributed by atoms with van der Waals surface area (Å²) in [6.07, 6.45) is 8.64. The minimum atomic E-state index is -0.922. The first-order valence-corrected chi connectivity index (χ1v) is 13.4. The summed E-state index contributed by atoms with van der Waals surface area (Å²) >= 11 is 0. The normalized spacial score (nSPS) is 21.4. The van der Waals surface area contributed by atoms with Crippen LogP contribution in [0.5, 0.6) is 5.75 Å². The van der Waals surface area contributed by atoms with Crippen LogP contribution in [0.1, 0.15) is 79.4 Å². The van der Waals surface area contributed by atoms with Crippen LogP contribution in [0.3, 0.4) is 0 Å². The lowest BCUT2D eigenvalue weighted by Crippen LogP contribution is -2.34. The van der Waals surface area contributed by atoms with Crippen LogP contribution < -0.4 is 10.1 Å². The van der Waals surface area contributed by atoms with Gasteiger partial charge in [-0.05, 0) is 64.0 Å². The Hall–Kier alpha value is -2.74. The van der Waals surface area contributed by atoms with Crippen molar-refractivity contribution >= 4 is 11.8 Å². The highest BCUT2D eigenvalue weighted by Crippen LogP contribution is 2.43. The molecule has 0 spiro atoms. The number of ether oxygens (including phenoxy) is 1. The number of hydrogen-bond acceptors (Lipinski definition) is 6. The summed E-state index contributed by atoms with van der Waals surface area (Å²) in [5, 5.41) is 13.4. The van der Waals surface area contributed by atoms with Gasteiger partial charge in [0.15, 0.2) is 0 Å². The van der Waals surface area contributed by atoms with Gasteiger partial charge in [-0.2, -0.15) is 0 Å². The van der Waals surface area contributed by atoms with Crippen LogP contribution in [-0.4, -0.2) is 58.9 Å². The van der Waals surface area contributed by atoms with Crippen LogP contribution in [0.25, 0.3) is 0 Å². The molecule has 2 aromatic rings. The second-order valence-corrected chi connectivity index (χ2v) is 10.5. The van der Waals surface area contributed by atoms with Crippen molar-refractivity contribution in [3.8, 4) is 5.75 Å². The van der Waals surface area contributed by atoms with E-state index in [9.17, 15) is 9.90 Å². The number of nitrogens with zero attached hydrogens (tertiary/aromatic N) is 3. The Morgan fingerprint density at radius 2 is 2.19 bits per heavy atom. The zero-order valence-electron chi connectivity index (χ0n) is 21.1. The van der Waals surface area contributed by atoms with Gasteiger partial charge in [0.1, 0.15) is 23.8 Å². The highest BCUT2D eigenvalue weighted by atomic mass is 19.1. The summed E-state index contributed by atoms with van der Waals surface area (Å²) in [6.45, 7) is 2.01. The Labute approximate surface area is 212 Å². The van der Waals surface area contributed by atoms with Crippen molar-refractivity contribution in [2.24, 2.45) is 5.92 Å². The molecule has 7 nitrogen and oxygen atoms in total. The van der Waals surface area contributed by atoms with E-state index in [4.69, 9.17) is 9.72 Å². The number of aliphatic carboxylic acids is 1. The molecule has 2 N–H and O–H groups in total. The summed E-state index contributed by atoms with van der Waals surface area (Å²) in [4.78, 5) is 23.5. The average Bonchev–Trinajstić information content (AvgIpc) is 3.63. The van der Waals surface area contributed by atoms with Gasteiger partial charge in [-0.15, -0.1) is 0 Å². The lowest BCUT2D eigenvalue weighted by atomic mass is 9.97. The highest BCUT2D eigenvalue weighted by molar-refractivity contribution is 5.76. The third kappa shape index (κ3) is 5.48.